The number of halogens is 1. The number of carbonyl (C=O) groups excluding carboxylic acids is 1. The lowest BCUT2D eigenvalue weighted by molar-refractivity contribution is 0.0990. The Bertz CT molecular complexity index is 1040. The van der Waals surface area contributed by atoms with Crippen molar-refractivity contribution in [2.24, 2.45) is 4.99 Å². The van der Waals surface area contributed by atoms with Crippen LogP contribution in [0.15, 0.2) is 41.4 Å². The average Bonchev–Trinajstić information content (AvgIpc) is 3.03. The molecule has 0 aliphatic carbocycles. The second kappa shape index (κ2) is 8.99. The van der Waals surface area contributed by atoms with Gasteiger partial charge >= 0.3 is 0 Å². The fourth-order valence-corrected chi connectivity index (χ4v) is 3.93. The number of rotatable bonds is 7. The zero-order valence-electron chi connectivity index (χ0n) is 15.9. The van der Waals surface area contributed by atoms with Gasteiger partial charge < -0.3 is 18.8 Å². The van der Waals surface area contributed by atoms with E-state index in [1.807, 2.05) is 11.5 Å². The lowest BCUT2D eigenvalue weighted by Crippen LogP contribution is -2.20. The van der Waals surface area contributed by atoms with Crippen molar-refractivity contribution in [3.05, 3.63) is 52.6 Å². The number of ether oxygens (including phenoxy) is 3. The maximum absolute atomic E-state index is 13.7. The molecule has 0 aliphatic rings. The standard InChI is InChI=1S/C20H21FN2O4S/c1-4-27-11-10-23-14-9-8-13(21)12-17(14)28-20(23)22-19(24)18-15(25-2)6-5-7-16(18)26-3/h5-9,12H,4,10-11H2,1-3H3. The first kappa shape index (κ1) is 20.0. The smallest absolute Gasteiger partial charge is 0.287 e. The molecule has 0 aliphatic heterocycles. The van der Waals surface area contributed by atoms with Gasteiger partial charge in [0, 0.05) is 13.2 Å². The third-order valence-electron chi connectivity index (χ3n) is 4.15. The number of carbonyl (C=O) groups is 1. The van der Waals surface area contributed by atoms with Crippen molar-refractivity contribution >= 4 is 27.5 Å². The number of methoxy groups -OCH3 is 2. The molecule has 3 aromatic rings. The molecule has 28 heavy (non-hydrogen) atoms. The molecule has 0 bridgehead atoms. The molecule has 1 heterocycles. The Labute approximate surface area is 165 Å². The van der Waals surface area contributed by atoms with Crippen LogP contribution in [0.5, 0.6) is 11.5 Å². The lowest BCUT2D eigenvalue weighted by Gasteiger charge is -2.10. The molecule has 148 valence electrons. The first-order valence-electron chi connectivity index (χ1n) is 8.75. The third-order valence-corrected chi connectivity index (χ3v) is 5.19. The van der Waals surface area contributed by atoms with Gasteiger partial charge in [0.25, 0.3) is 5.91 Å². The van der Waals surface area contributed by atoms with Gasteiger partial charge in [-0.1, -0.05) is 17.4 Å². The molecule has 0 spiro atoms. The Balaban J connectivity index is 2.13. The molecule has 1 amide bonds. The summed E-state index contributed by atoms with van der Waals surface area (Å²) in [5.74, 6) is -0.0799. The maximum Gasteiger partial charge on any atom is 0.287 e. The molecular weight excluding hydrogens is 383 g/mol. The zero-order valence-corrected chi connectivity index (χ0v) is 16.7. The van der Waals surface area contributed by atoms with Gasteiger partial charge in [0.2, 0.25) is 0 Å². The molecule has 0 unspecified atom stereocenters. The maximum atomic E-state index is 13.7. The number of benzene rings is 2. The molecule has 3 rings (SSSR count). The molecule has 0 N–H and O–H groups in total. The van der Waals surface area contributed by atoms with E-state index >= 15 is 0 Å². The average molecular weight is 404 g/mol. The summed E-state index contributed by atoms with van der Waals surface area (Å²) in [7, 11) is 2.96. The summed E-state index contributed by atoms with van der Waals surface area (Å²) < 4.78 is 32.2. The van der Waals surface area contributed by atoms with Gasteiger partial charge in [-0.15, -0.1) is 0 Å². The Hall–Kier alpha value is -2.71. The van der Waals surface area contributed by atoms with Crippen molar-refractivity contribution in [3.63, 3.8) is 0 Å². The molecular formula is C20H21FN2O4S. The van der Waals surface area contributed by atoms with Gasteiger partial charge in [-0.25, -0.2) is 4.39 Å². The third kappa shape index (κ3) is 4.07. The van der Waals surface area contributed by atoms with E-state index in [1.165, 1.54) is 37.7 Å². The van der Waals surface area contributed by atoms with Crippen molar-refractivity contribution in [2.75, 3.05) is 27.4 Å². The molecule has 1 aromatic heterocycles. The molecule has 6 nitrogen and oxygen atoms in total. The van der Waals surface area contributed by atoms with Crippen LogP contribution in [0, 0.1) is 5.82 Å². The monoisotopic (exact) mass is 404 g/mol. The number of fused-ring (bicyclic) bond motifs is 1. The quantitative estimate of drug-likeness (QED) is 0.564. The minimum absolute atomic E-state index is 0.243. The minimum Gasteiger partial charge on any atom is -0.496 e. The van der Waals surface area contributed by atoms with Gasteiger partial charge in [0.1, 0.15) is 22.9 Å². The van der Waals surface area contributed by atoms with Crippen LogP contribution in [-0.4, -0.2) is 37.9 Å². The molecule has 0 atom stereocenters. The van der Waals surface area contributed by atoms with E-state index in [9.17, 15) is 9.18 Å². The zero-order chi connectivity index (χ0) is 20.1. The number of hydrogen-bond acceptors (Lipinski definition) is 5. The van der Waals surface area contributed by atoms with Crippen molar-refractivity contribution in [3.8, 4) is 11.5 Å². The van der Waals surface area contributed by atoms with Crippen LogP contribution in [0.3, 0.4) is 0 Å². The highest BCUT2D eigenvalue weighted by molar-refractivity contribution is 7.16. The Kier molecular flexibility index (Phi) is 6.43. The number of nitrogens with zero attached hydrogens (tertiary/aromatic N) is 2. The Morgan fingerprint density at radius 1 is 1.18 bits per heavy atom. The van der Waals surface area contributed by atoms with Gasteiger partial charge in [-0.2, -0.15) is 4.99 Å². The van der Waals surface area contributed by atoms with Crippen LogP contribution in [0.2, 0.25) is 0 Å². The summed E-state index contributed by atoms with van der Waals surface area (Å²) in [6.45, 7) is 3.45. The van der Waals surface area contributed by atoms with Gasteiger partial charge in [-0.3, -0.25) is 4.79 Å². The highest BCUT2D eigenvalue weighted by atomic mass is 32.1. The molecule has 0 radical (unpaired) electrons. The Morgan fingerprint density at radius 2 is 1.89 bits per heavy atom. The van der Waals surface area contributed by atoms with E-state index < -0.39 is 5.91 Å². The van der Waals surface area contributed by atoms with E-state index in [2.05, 4.69) is 4.99 Å². The number of thiazole rings is 1. The van der Waals surface area contributed by atoms with Crippen LogP contribution < -0.4 is 14.3 Å². The highest BCUT2D eigenvalue weighted by Gasteiger charge is 2.18. The number of amides is 1. The summed E-state index contributed by atoms with van der Waals surface area (Å²) in [5, 5.41) is 0. The summed E-state index contributed by atoms with van der Waals surface area (Å²) in [6, 6.07) is 9.59. The van der Waals surface area contributed by atoms with Crippen molar-refractivity contribution in [2.45, 2.75) is 13.5 Å². The first-order chi connectivity index (χ1) is 13.6. The predicted octanol–water partition coefficient (Wildman–Crippen LogP) is 3.64. The molecule has 2 aromatic carbocycles. The van der Waals surface area contributed by atoms with Gasteiger partial charge in [-0.05, 0) is 37.3 Å². The minimum atomic E-state index is -0.494. The molecule has 0 saturated carbocycles. The second-order valence-corrected chi connectivity index (χ2v) is 6.81. The SMILES string of the molecule is CCOCCn1c(=NC(=O)c2c(OC)cccc2OC)sc2cc(F)ccc21. The predicted molar refractivity (Wildman–Crippen MR) is 106 cm³/mol. The fourth-order valence-electron chi connectivity index (χ4n) is 2.85. The number of hydrogen-bond donors (Lipinski definition) is 0. The summed E-state index contributed by atoms with van der Waals surface area (Å²) >= 11 is 1.24. The highest BCUT2D eigenvalue weighted by Crippen LogP contribution is 2.29. The summed E-state index contributed by atoms with van der Waals surface area (Å²) in [5.41, 5.74) is 1.04. The van der Waals surface area contributed by atoms with Crippen molar-refractivity contribution in [1.82, 2.24) is 4.57 Å². The van der Waals surface area contributed by atoms with Crippen LogP contribution in [-0.2, 0) is 11.3 Å². The van der Waals surface area contributed by atoms with Crippen LogP contribution in [0.1, 0.15) is 17.3 Å². The van der Waals surface area contributed by atoms with E-state index in [-0.39, 0.29) is 11.4 Å². The van der Waals surface area contributed by atoms with E-state index in [1.54, 1.807) is 24.3 Å². The van der Waals surface area contributed by atoms with E-state index in [0.29, 0.717) is 40.8 Å². The fraction of sp³-hybridized carbons (Fsp3) is 0.300. The Morgan fingerprint density at radius 3 is 2.54 bits per heavy atom. The molecule has 8 heteroatoms. The largest absolute Gasteiger partial charge is 0.496 e. The van der Waals surface area contributed by atoms with E-state index in [0.717, 1.165) is 5.52 Å². The second-order valence-electron chi connectivity index (χ2n) is 5.80. The summed E-state index contributed by atoms with van der Waals surface area (Å²) in [4.78, 5) is 17.7. The van der Waals surface area contributed by atoms with Crippen LogP contribution in [0.25, 0.3) is 10.2 Å². The molecule has 0 fully saturated rings. The van der Waals surface area contributed by atoms with Crippen molar-refractivity contribution in [1.29, 1.82) is 0 Å². The first-order valence-corrected chi connectivity index (χ1v) is 9.57. The van der Waals surface area contributed by atoms with Crippen LogP contribution >= 0.6 is 11.3 Å². The van der Waals surface area contributed by atoms with Gasteiger partial charge in [0.05, 0.1) is 31.0 Å². The number of aromatic nitrogens is 1. The lowest BCUT2D eigenvalue weighted by atomic mass is 10.1. The topological polar surface area (TPSA) is 62.1 Å². The molecule has 0 saturated heterocycles. The normalized spacial score (nSPS) is 11.8. The van der Waals surface area contributed by atoms with Gasteiger partial charge in [0.15, 0.2) is 4.80 Å². The van der Waals surface area contributed by atoms with E-state index in [4.69, 9.17) is 14.2 Å². The van der Waals surface area contributed by atoms with Crippen molar-refractivity contribution < 1.29 is 23.4 Å². The summed E-state index contributed by atoms with van der Waals surface area (Å²) in [6.07, 6.45) is 0. The van der Waals surface area contributed by atoms with Crippen LogP contribution in [0.4, 0.5) is 4.39 Å².